The number of nitrogens with one attached hydrogen (secondary N) is 2. The number of unbranched alkanes of at least 4 members (excludes halogenated alkanes) is 4. The molecule has 12 heteroatoms. The topological polar surface area (TPSA) is 79.8 Å². The Morgan fingerprint density at radius 1 is 1.03 bits per heavy atom. The van der Waals surface area contributed by atoms with Gasteiger partial charge < -0.3 is 15.2 Å². The molecular formula is C27H39F5N4O2S. The molecule has 1 amide bonds. The van der Waals surface area contributed by atoms with Crippen molar-refractivity contribution >= 4 is 28.8 Å². The molecule has 1 saturated heterocycles. The van der Waals surface area contributed by atoms with Crippen LogP contribution in [0.5, 0.6) is 0 Å². The van der Waals surface area contributed by atoms with Crippen molar-refractivity contribution in [3.05, 3.63) is 28.8 Å². The van der Waals surface area contributed by atoms with Gasteiger partial charge in [0, 0.05) is 56.4 Å². The maximum absolute atomic E-state index is 13.0. The molecule has 1 aromatic carbocycles. The highest BCUT2D eigenvalue weighted by Crippen LogP contribution is 2.39. The summed E-state index contributed by atoms with van der Waals surface area (Å²) in [4.78, 5) is 17.4. The average Bonchev–Trinajstić information content (AvgIpc) is 3.16. The summed E-state index contributed by atoms with van der Waals surface area (Å²) in [5.74, 6) is -3.67. The SMILES string of the molecule is CNc1cc(C)c(CC[S@+]([O-])N2CCC3(CC2)N=C(CCCCCCCC(F)(F)C(F)(F)F)NC3=O)c(C)c1. The number of nitrogens with zero attached hydrogens (tertiary/aromatic N) is 2. The third kappa shape index (κ3) is 8.07. The molecule has 3 rings (SSSR count). The monoisotopic (exact) mass is 578 g/mol. The van der Waals surface area contributed by atoms with Gasteiger partial charge in [0.25, 0.3) is 5.91 Å². The van der Waals surface area contributed by atoms with E-state index in [1.54, 1.807) is 0 Å². The van der Waals surface area contributed by atoms with Gasteiger partial charge in [-0.25, -0.2) is 0 Å². The Morgan fingerprint density at radius 3 is 2.21 bits per heavy atom. The van der Waals surface area contributed by atoms with E-state index in [-0.39, 0.29) is 12.3 Å². The first-order chi connectivity index (χ1) is 18.3. The van der Waals surface area contributed by atoms with Gasteiger partial charge in [-0.05, 0) is 68.4 Å². The Labute approximate surface area is 230 Å². The molecule has 2 heterocycles. The van der Waals surface area contributed by atoms with Crippen LogP contribution < -0.4 is 10.6 Å². The van der Waals surface area contributed by atoms with E-state index in [2.05, 4.69) is 41.6 Å². The second-order valence-corrected chi connectivity index (χ2v) is 12.1. The maximum atomic E-state index is 13.0. The average molecular weight is 579 g/mol. The van der Waals surface area contributed by atoms with Crippen LogP contribution in [0, 0.1) is 13.8 Å². The van der Waals surface area contributed by atoms with E-state index < -0.39 is 35.4 Å². The summed E-state index contributed by atoms with van der Waals surface area (Å²) in [5.41, 5.74) is 3.76. The molecule has 0 aromatic heterocycles. The van der Waals surface area contributed by atoms with Gasteiger partial charge >= 0.3 is 12.1 Å². The Morgan fingerprint density at radius 2 is 1.62 bits per heavy atom. The number of carbonyl (C=O) groups excluding carboxylic acids is 1. The molecule has 0 saturated carbocycles. The van der Waals surface area contributed by atoms with Crippen molar-refractivity contribution in [3.63, 3.8) is 0 Å². The summed E-state index contributed by atoms with van der Waals surface area (Å²) in [5, 5.41) is 6.00. The van der Waals surface area contributed by atoms with E-state index in [4.69, 9.17) is 0 Å². The number of anilines is 1. The summed E-state index contributed by atoms with van der Waals surface area (Å²) in [6, 6.07) is 4.17. The van der Waals surface area contributed by atoms with Crippen molar-refractivity contribution in [3.8, 4) is 0 Å². The van der Waals surface area contributed by atoms with Gasteiger partial charge in [0.1, 0.15) is 17.1 Å². The minimum absolute atomic E-state index is 0.145. The predicted octanol–water partition coefficient (Wildman–Crippen LogP) is 5.84. The molecule has 2 N–H and O–H groups in total. The molecule has 1 spiro atoms. The molecule has 39 heavy (non-hydrogen) atoms. The third-order valence-corrected chi connectivity index (χ3v) is 9.19. The highest BCUT2D eigenvalue weighted by Gasteiger charge is 2.56. The minimum Gasteiger partial charge on any atom is -0.598 e. The van der Waals surface area contributed by atoms with Crippen LogP contribution in [0.25, 0.3) is 0 Å². The van der Waals surface area contributed by atoms with E-state index in [1.807, 2.05) is 11.4 Å². The lowest BCUT2D eigenvalue weighted by Gasteiger charge is -2.35. The quantitative estimate of drug-likeness (QED) is 0.175. The molecule has 0 radical (unpaired) electrons. The fourth-order valence-electron chi connectivity index (χ4n) is 5.26. The number of rotatable bonds is 13. The second kappa shape index (κ2) is 13.2. The number of halogens is 5. The van der Waals surface area contributed by atoms with E-state index in [0.29, 0.717) is 76.0 Å². The molecule has 0 unspecified atom stereocenters. The zero-order valence-corrected chi connectivity index (χ0v) is 23.7. The normalized spacial score (nSPS) is 18.8. The molecule has 2 aliphatic heterocycles. The Balaban J connectivity index is 1.39. The largest absolute Gasteiger partial charge is 0.598 e. The van der Waals surface area contributed by atoms with Gasteiger partial charge in [-0.3, -0.25) is 9.79 Å². The fraction of sp³-hybridized carbons (Fsp3) is 0.704. The molecule has 0 bridgehead atoms. The van der Waals surface area contributed by atoms with Crippen molar-refractivity contribution < 1.29 is 31.3 Å². The maximum Gasteiger partial charge on any atom is 0.453 e. The zero-order valence-electron chi connectivity index (χ0n) is 22.9. The number of amides is 1. The minimum atomic E-state index is -5.50. The van der Waals surface area contributed by atoms with Crippen LogP contribution in [0.1, 0.15) is 74.5 Å². The number of hydrogen-bond donors (Lipinski definition) is 2. The van der Waals surface area contributed by atoms with Gasteiger partial charge in [0.05, 0.1) is 0 Å². The van der Waals surface area contributed by atoms with Crippen LogP contribution in [0.15, 0.2) is 17.1 Å². The van der Waals surface area contributed by atoms with E-state index in [0.717, 1.165) is 5.69 Å². The number of carbonyl (C=O) groups is 1. The summed E-state index contributed by atoms with van der Waals surface area (Å²) < 4.78 is 77.5. The molecule has 6 nitrogen and oxygen atoms in total. The lowest BCUT2D eigenvalue weighted by Crippen LogP contribution is -2.50. The number of alkyl halides is 5. The summed E-state index contributed by atoms with van der Waals surface area (Å²) in [7, 11) is 1.88. The first kappa shape index (κ1) is 31.6. The van der Waals surface area contributed by atoms with Gasteiger partial charge in [-0.15, -0.1) is 4.31 Å². The van der Waals surface area contributed by atoms with Crippen LogP contribution in [0.4, 0.5) is 27.6 Å². The summed E-state index contributed by atoms with van der Waals surface area (Å²) in [6.07, 6.45) is -2.52. The molecule has 1 fully saturated rings. The predicted molar refractivity (Wildman–Crippen MR) is 145 cm³/mol. The standard InChI is InChI=1S/C27H39F5N4O2S/c1-19-17-21(33-3)18-20(2)22(19)10-16-39(38)36-14-12-25(13-15-36)24(37)34-23(35-25)9-7-5-4-6-8-11-26(28,29)27(30,31)32/h17-18,33H,4-16H2,1-3H3,(H,34,35,37)/t39-/m0/s1. The highest BCUT2D eigenvalue weighted by molar-refractivity contribution is 7.89. The smallest absolute Gasteiger partial charge is 0.453 e. The van der Waals surface area contributed by atoms with Crippen molar-refractivity contribution in [2.24, 2.45) is 4.99 Å². The molecule has 2 aliphatic rings. The van der Waals surface area contributed by atoms with Crippen molar-refractivity contribution in [1.82, 2.24) is 9.62 Å². The lowest BCUT2D eigenvalue weighted by molar-refractivity contribution is -0.284. The zero-order chi connectivity index (χ0) is 28.8. The van der Waals surface area contributed by atoms with Crippen molar-refractivity contribution in [1.29, 1.82) is 0 Å². The van der Waals surface area contributed by atoms with Crippen LogP contribution in [0.2, 0.25) is 0 Å². The van der Waals surface area contributed by atoms with Crippen molar-refractivity contribution in [2.45, 2.75) is 95.7 Å². The number of piperidine rings is 1. The van der Waals surface area contributed by atoms with Crippen molar-refractivity contribution in [2.75, 3.05) is 31.2 Å². The Kier molecular flexibility index (Phi) is 10.7. The molecule has 0 aliphatic carbocycles. The van der Waals surface area contributed by atoms with E-state index >= 15 is 0 Å². The first-order valence-corrected chi connectivity index (χ1v) is 14.8. The molecule has 1 aromatic rings. The fourth-order valence-corrected chi connectivity index (χ4v) is 6.49. The third-order valence-electron chi connectivity index (χ3n) is 7.70. The number of benzene rings is 1. The van der Waals surface area contributed by atoms with Gasteiger partial charge in [-0.1, -0.05) is 19.3 Å². The van der Waals surface area contributed by atoms with Gasteiger partial charge in [0.15, 0.2) is 0 Å². The number of aryl methyl sites for hydroxylation is 2. The van der Waals surface area contributed by atoms with Crippen LogP contribution in [-0.2, 0) is 22.6 Å². The Bertz CT molecular complexity index is 1000. The summed E-state index contributed by atoms with van der Waals surface area (Å²) in [6.45, 7) is 5.14. The molecule has 220 valence electrons. The Hall–Kier alpha value is -1.92. The molecule has 1 atom stereocenters. The number of aliphatic imine (C=N–C) groups is 1. The number of amidine groups is 1. The van der Waals surface area contributed by atoms with Crippen LogP contribution in [0.3, 0.4) is 0 Å². The van der Waals surface area contributed by atoms with Gasteiger partial charge in [0.2, 0.25) is 0 Å². The van der Waals surface area contributed by atoms with E-state index in [1.165, 1.54) is 16.7 Å². The first-order valence-electron chi connectivity index (χ1n) is 13.5. The van der Waals surface area contributed by atoms with Gasteiger partial charge in [-0.2, -0.15) is 22.0 Å². The molecular weight excluding hydrogens is 539 g/mol. The lowest BCUT2D eigenvalue weighted by atomic mass is 9.89. The number of hydrogen-bond acceptors (Lipinski definition) is 5. The van der Waals surface area contributed by atoms with E-state index in [9.17, 15) is 31.3 Å². The van der Waals surface area contributed by atoms with Crippen LogP contribution >= 0.6 is 0 Å². The second-order valence-electron chi connectivity index (χ2n) is 10.6. The van der Waals surface area contributed by atoms with Crippen LogP contribution in [-0.4, -0.2) is 64.1 Å². The highest BCUT2D eigenvalue weighted by atomic mass is 32.2. The summed E-state index contributed by atoms with van der Waals surface area (Å²) >= 11 is -1.16.